The summed E-state index contributed by atoms with van der Waals surface area (Å²) in [6.07, 6.45) is 5.46. The molecule has 0 spiro atoms. The third-order valence-corrected chi connectivity index (χ3v) is 4.42. The SMILES string of the molecule is Cc1ccc(C)c(OCCN(C)C(=O)c2cnn3cc(CCO)cnc23)c1. The molecule has 1 amide bonds. The van der Waals surface area contributed by atoms with Crippen LogP contribution in [0.1, 0.15) is 27.0 Å². The molecular formula is C20H24N4O3. The topological polar surface area (TPSA) is 80.0 Å². The number of carbonyl (C=O) groups excluding carboxylic acids is 1. The summed E-state index contributed by atoms with van der Waals surface area (Å²) in [6, 6.07) is 6.06. The van der Waals surface area contributed by atoms with Crippen LogP contribution >= 0.6 is 0 Å². The second-order valence-electron chi connectivity index (χ2n) is 6.61. The van der Waals surface area contributed by atoms with Gasteiger partial charge in [-0.1, -0.05) is 12.1 Å². The lowest BCUT2D eigenvalue weighted by molar-refractivity contribution is 0.0775. The smallest absolute Gasteiger partial charge is 0.259 e. The Kier molecular flexibility index (Phi) is 5.71. The van der Waals surface area contributed by atoms with Crippen molar-refractivity contribution < 1.29 is 14.6 Å². The standard InChI is InChI=1S/C20H24N4O3/c1-14-4-5-15(2)18(10-14)27-9-7-23(3)20(26)17-12-22-24-13-16(6-8-25)11-21-19(17)24/h4-5,10-13,25H,6-9H2,1-3H3. The molecule has 0 atom stereocenters. The Hall–Kier alpha value is -2.93. The fraction of sp³-hybridized carbons (Fsp3) is 0.350. The van der Waals surface area contributed by atoms with Gasteiger partial charge in [0.25, 0.3) is 5.91 Å². The van der Waals surface area contributed by atoms with Crippen LogP contribution in [-0.4, -0.2) is 57.3 Å². The number of hydrogen-bond donors (Lipinski definition) is 1. The zero-order chi connectivity index (χ0) is 19.4. The van der Waals surface area contributed by atoms with Gasteiger partial charge in [0.05, 0.1) is 12.7 Å². The molecule has 0 bridgehead atoms. The third kappa shape index (κ3) is 4.25. The van der Waals surface area contributed by atoms with Crippen LogP contribution in [0.2, 0.25) is 0 Å². The summed E-state index contributed by atoms with van der Waals surface area (Å²) in [4.78, 5) is 18.7. The van der Waals surface area contributed by atoms with E-state index >= 15 is 0 Å². The highest BCUT2D eigenvalue weighted by Gasteiger charge is 2.18. The van der Waals surface area contributed by atoms with E-state index in [0.717, 1.165) is 22.4 Å². The summed E-state index contributed by atoms with van der Waals surface area (Å²) < 4.78 is 7.40. The molecule has 0 aliphatic rings. The Balaban J connectivity index is 1.65. The van der Waals surface area contributed by atoms with Gasteiger partial charge in [0, 0.05) is 26.0 Å². The molecule has 0 radical (unpaired) electrons. The molecule has 2 aromatic heterocycles. The Morgan fingerprint density at radius 3 is 2.89 bits per heavy atom. The molecule has 0 aliphatic heterocycles. The minimum Gasteiger partial charge on any atom is -0.491 e. The number of amides is 1. The lowest BCUT2D eigenvalue weighted by Crippen LogP contribution is -2.31. The number of aromatic nitrogens is 3. The molecule has 7 heteroatoms. The van der Waals surface area contributed by atoms with Crippen molar-refractivity contribution in [2.75, 3.05) is 26.8 Å². The average Bonchev–Trinajstić information content (AvgIpc) is 3.07. The number of aliphatic hydroxyl groups excluding tert-OH is 1. The van der Waals surface area contributed by atoms with Crippen molar-refractivity contribution in [3.8, 4) is 5.75 Å². The highest BCUT2D eigenvalue weighted by atomic mass is 16.5. The van der Waals surface area contributed by atoms with Crippen molar-refractivity contribution in [3.63, 3.8) is 0 Å². The van der Waals surface area contributed by atoms with Crippen LogP contribution in [-0.2, 0) is 6.42 Å². The van der Waals surface area contributed by atoms with Gasteiger partial charge in [-0.15, -0.1) is 0 Å². The Morgan fingerprint density at radius 1 is 1.30 bits per heavy atom. The van der Waals surface area contributed by atoms with Gasteiger partial charge in [-0.25, -0.2) is 9.50 Å². The number of aryl methyl sites for hydroxylation is 2. The Labute approximate surface area is 158 Å². The number of rotatable bonds is 7. The van der Waals surface area contributed by atoms with Gasteiger partial charge < -0.3 is 14.7 Å². The first-order valence-corrected chi connectivity index (χ1v) is 8.88. The fourth-order valence-electron chi connectivity index (χ4n) is 2.78. The summed E-state index contributed by atoms with van der Waals surface area (Å²) >= 11 is 0. The van der Waals surface area contributed by atoms with Crippen molar-refractivity contribution in [2.24, 2.45) is 0 Å². The summed E-state index contributed by atoms with van der Waals surface area (Å²) in [5.74, 6) is 0.682. The van der Waals surface area contributed by atoms with Crippen LogP contribution in [0.4, 0.5) is 0 Å². The number of likely N-dealkylation sites (N-methyl/N-ethyl adjacent to an activating group) is 1. The lowest BCUT2D eigenvalue weighted by Gasteiger charge is -2.17. The Morgan fingerprint density at radius 2 is 2.11 bits per heavy atom. The van der Waals surface area contributed by atoms with Crippen molar-refractivity contribution >= 4 is 11.6 Å². The van der Waals surface area contributed by atoms with Gasteiger partial charge >= 0.3 is 0 Å². The van der Waals surface area contributed by atoms with Crippen molar-refractivity contribution in [1.82, 2.24) is 19.5 Å². The monoisotopic (exact) mass is 368 g/mol. The van der Waals surface area contributed by atoms with E-state index in [9.17, 15) is 4.79 Å². The van der Waals surface area contributed by atoms with Crippen LogP contribution in [0.25, 0.3) is 5.65 Å². The quantitative estimate of drug-likeness (QED) is 0.690. The molecule has 0 aliphatic carbocycles. The second-order valence-corrected chi connectivity index (χ2v) is 6.61. The van der Waals surface area contributed by atoms with Crippen LogP contribution in [0, 0.1) is 13.8 Å². The van der Waals surface area contributed by atoms with Gasteiger partial charge in [0.2, 0.25) is 0 Å². The highest BCUT2D eigenvalue weighted by Crippen LogP contribution is 2.19. The molecule has 1 N–H and O–H groups in total. The summed E-state index contributed by atoms with van der Waals surface area (Å²) in [5.41, 5.74) is 4.02. The average molecular weight is 368 g/mol. The molecule has 142 valence electrons. The number of nitrogens with zero attached hydrogens (tertiary/aromatic N) is 4. The van der Waals surface area contributed by atoms with Crippen LogP contribution in [0.15, 0.2) is 36.8 Å². The van der Waals surface area contributed by atoms with Gasteiger partial charge in [0.15, 0.2) is 5.65 Å². The predicted octanol–water partition coefficient (Wildman–Crippen LogP) is 2.03. The molecule has 2 heterocycles. The van der Waals surface area contributed by atoms with E-state index in [-0.39, 0.29) is 12.5 Å². The predicted molar refractivity (Wildman–Crippen MR) is 102 cm³/mol. The first-order valence-electron chi connectivity index (χ1n) is 8.88. The summed E-state index contributed by atoms with van der Waals surface area (Å²) in [6.45, 7) is 4.92. The second kappa shape index (κ2) is 8.18. The first kappa shape index (κ1) is 18.8. The van der Waals surface area contributed by atoms with Gasteiger partial charge in [-0.2, -0.15) is 5.10 Å². The maximum atomic E-state index is 12.7. The summed E-state index contributed by atoms with van der Waals surface area (Å²) in [7, 11) is 1.73. The molecule has 0 saturated carbocycles. The van der Waals surface area contributed by atoms with Crippen LogP contribution in [0.5, 0.6) is 5.75 Å². The van der Waals surface area contributed by atoms with E-state index in [1.165, 1.54) is 6.20 Å². The largest absolute Gasteiger partial charge is 0.491 e. The lowest BCUT2D eigenvalue weighted by atomic mass is 10.1. The van der Waals surface area contributed by atoms with E-state index in [1.54, 1.807) is 28.9 Å². The molecule has 0 unspecified atom stereocenters. The molecule has 0 saturated heterocycles. The third-order valence-electron chi connectivity index (χ3n) is 4.42. The minimum atomic E-state index is -0.156. The van der Waals surface area contributed by atoms with Crippen LogP contribution in [0.3, 0.4) is 0 Å². The molecule has 3 rings (SSSR count). The van der Waals surface area contributed by atoms with Crippen LogP contribution < -0.4 is 4.74 Å². The zero-order valence-corrected chi connectivity index (χ0v) is 15.8. The van der Waals surface area contributed by atoms with E-state index < -0.39 is 0 Å². The minimum absolute atomic E-state index is 0.0450. The number of carbonyl (C=O) groups is 1. The number of fused-ring (bicyclic) bond motifs is 1. The number of aliphatic hydroxyl groups is 1. The zero-order valence-electron chi connectivity index (χ0n) is 15.8. The fourth-order valence-corrected chi connectivity index (χ4v) is 2.78. The molecule has 7 nitrogen and oxygen atoms in total. The first-order chi connectivity index (χ1) is 13.0. The van der Waals surface area contributed by atoms with Crippen molar-refractivity contribution in [2.45, 2.75) is 20.3 Å². The molecular weight excluding hydrogens is 344 g/mol. The molecule has 27 heavy (non-hydrogen) atoms. The summed E-state index contributed by atoms with van der Waals surface area (Å²) in [5, 5.41) is 13.2. The maximum absolute atomic E-state index is 12.7. The van der Waals surface area contributed by atoms with E-state index in [0.29, 0.717) is 30.8 Å². The van der Waals surface area contributed by atoms with E-state index in [1.807, 2.05) is 32.0 Å². The highest BCUT2D eigenvalue weighted by molar-refractivity contribution is 5.99. The maximum Gasteiger partial charge on any atom is 0.259 e. The Bertz CT molecular complexity index is 952. The van der Waals surface area contributed by atoms with Gasteiger partial charge in [-0.05, 0) is 43.0 Å². The molecule has 1 aromatic carbocycles. The van der Waals surface area contributed by atoms with Crippen molar-refractivity contribution in [3.05, 3.63) is 59.0 Å². The number of benzene rings is 1. The molecule has 0 fully saturated rings. The van der Waals surface area contributed by atoms with Gasteiger partial charge in [0.1, 0.15) is 17.9 Å². The van der Waals surface area contributed by atoms with Crippen molar-refractivity contribution in [1.29, 1.82) is 0 Å². The van der Waals surface area contributed by atoms with E-state index in [2.05, 4.69) is 10.1 Å². The number of ether oxygens (including phenoxy) is 1. The number of hydrogen-bond acceptors (Lipinski definition) is 5. The van der Waals surface area contributed by atoms with E-state index in [4.69, 9.17) is 9.84 Å². The molecule has 3 aromatic rings. The normalized spacial score (nSPS) is 11.0. The van der Waals surface area contributed by atoms with Gasteiger partial charge in [-0.3, -0.25) is 4.79 Å².